The van der Waals surface area contributed by atoms with E-state index in [2.05, 4.69) is 10.6 Å². The number of nitrogens with zero attached hydrogens (tertiary/aromatic N) is 1. The molecule has 2 aliphatic rings. The zero-order valence-electron chi connectivity index (χ0n) is 15.8. The fraction of sp³-hybridized carbons (Fsp3) is 0.556. The fourth-order valence-electron chi connectivity index (χ4n) is 3.38. The van der Waals surface area contributed by atoms with Crippen molar-refractivity contribution < 1.29 is 23.9 Å². The second-order valence-corrected chi connectivity index (χ2v) is 8.63. The first kappa shape index (κ1) is 20.7. The minimum Gasteiger partial charge on any atom is -0.462 e. The molecule has 1 atom stereocenters. The number of anilines is 1. The third kappa shape index (κ3) is 4.17. The number of hydrogen-bond donors (Lipinski definition) is 2. The number of aryl methyl sites for hydroxylation is 1. The molecule has 1 unspecified atom stereocenters. The molecule has 28 heavy (non-hydrogen) atoms. The fourth-order valence-corrected chi connectivity index (χ4v) is 5.14. The van der Waals surface area contributed by atoms with Gasteiger partial charge in [0.05, 0.1) is 12.2 Å². The highest BCUT2D eigenvalue weighted by Gasteiger charge is 2.39. The third-order valence-electron chi connectivity index (χ3n) is 4.67. The lowest BCUT2D eigenvalue weighted by Gasteiger charge is -2.13. The lowest BCUT2D eigenvalue weighted by Crippen LogP contribution is -2.38. The molecule has 10 heteroatoms. The molecule has 1 saturated heterocycles. The van der Waals surface area contributed by atoms with Gasteiger partial charge in [-0.05, 0) is 50.2 Å². The minimum absolute atomic E-state index is 0.247. The normalized spacial score (nSPS) is 18.2. The first-order valence-electron chi connectivity index (χ1n) is 9.18. The number of imide groups is 1. The van der Waals surface area contributed by atoms with Gasteiger partial charge < -0.3 is 15.4 Å². The summed E-state index contributed by atoms with van der Waals surface area (Å²) in [5.41, 5.74) is 1.34. The van der Waals surface area contributed by atoms with E-state index in [-0.39, 0.29) is 13.2 Å². The maximum atomic E-state index is 12.5. The van der Waals surface area contributed by atoms with E-state index in [0.29, 0.717) is 17.0 Å². The lowest BCUT2D eigenvalue weighted by molar-refractivity contribution is -0.130. The molecule has 0 spiro atoms. The molecule has 1 fully saturated rings. The molecule has 0 saturated carbocycles. The molecule has 3 rings (SSSR count). The summed E-state index contributed by atoms with van der Waals surface area (Å²) in [6.45, 7) is 1.59. The van der Waals surface area contributed by atoms with Crippen LogP contribution >= 0.6 is 23.1 Å². The molecule has 4 amide bonds. The lowest BCUT2D eigenvalue weighted by atomic mass is 10.1. The Labute approximate surface area is 171 Å². The summed E-state index contributed by atoms with van der Waals surface area (Å²) < 4.78 is 5.14. The Hall–Kier alpha value is -2.07. The molecule has 0 aromatic carbocycles. The van der Waals surface area contributed by atoms with Crippen molar-refractivity contribution in [3.63, 3.8) is 0 Å². The van der Waals surface area contributed by atoms with Crippen molar-refractivity contribution in [2.45, 2.75) is 38.6 Å². The second-order valence-electron chi connectivity index (χ2n) is 6.54. The maximum absolute atomic E-state index is 12.5. The van der Waals surface area contributed by atoms with Gasteiger partial charge in [0.25, 0.3) is 5.91 Å². The van der Waals surface area contributed by atoms with E-state index in [4.69, 9.17) is 4.74 Å². The van der Waals surface area contributed by atoms with Crippen LogP contribution in [-0.4, -0.2) is 59.9 Å². The Kier molecular flexibility index (Phi) is 6.61. The predicted octanol–water partition coefficient (Wildman–Crippen LogP) is 2.03. The maximum Gasteiger partial charge on any atom is 0.341 e. The van der Waals surface area contributed by atoms with Crippen LogP contribution in [0, 0.1) is 0 Å². The van der Waals surface area contributed by atoms with Gasteiger partial charge in [0.1, 0.15) is 17.6 Å². The molecule has 1 aliphatic heterocycles. The van der Waals surface area contributed by atoms with Gasteiger partial charge >= 0.3 is 12.0 Å². The second kappa shape index (κ2) is 8.95. The number of urea groups is 1. The highest BCUT2D eigenvalue weighted by atomic mass is 32.2. The van der Waals surface area contributed by atoms with Crippen LogP contribution in [0.15, 0.2) is 0 Å². The SMILES string of the molecule is CCOC(=O)c1c(NC(=O)CN2C(=O)NC(CCSC)C2=O)sc2c1CCC2. The Morgan fingerprint density at radius 3 is 2.86 bits per heavy atom. The molecule has 0 bridgehead atoms. The summed E-state index contributed by atoms with van der Waals surface area (Å²) in [4.78, 5) is 51.3. The van der Waals surface area contributed by atoms with Crippen molar-refractivity contribution in [3.05, 3.63) is 16.0 Å². The van der Waals surface area contributed by atoms with Crippen LogP contribution < -0.4 is 10.6 Å². The molecule has 1 aromatic rings. The van der Waals surface area contributed by atoms with Crippen LogP contribution in [0.4, 0.5) is 9.80 Å². The summed E-state index contributed by atoms with van der Waals surface area (Å²) in [6.07, 6.45) is 5.06. The summed E-state index contributed by atoms with van der Waals surface area (Å²) >= 11 is 2.95. The minimum atomic E-state index is -0.589. The van der Waals surface area contributed by atoms with Crippen molar-refractivity contribution in [1.29, 1.82) is 0 Å². The molecule has 0 radical (unpaired) electrons. The van der Waals surface area contributed by atoms with Crippen LogP contribution in [0.2, 0.25) is 0 Å². The van der Waals surface area contributed by atoms with E-state index in [1.807, 2.05) is 6.26 Å². The van der Waals surface area contributed by atoms with E-state index in [9.17, 15) is 19.2 Å². The van der Waals surface area contributed by atoms with Crippen LogP contribution in [0.5, 0.6) is 0 Å². The van der Waals surface area contributed by atoms with E-state index >= 15 is 0 Å². The topological polar surface area (TPSA) is 105 Å². The number of hydrogen-bond acceptors (Lipinski definition) is 7. The quantitative estimate of drug-likeness (QED) is 0.488. The van der Waals surface area contributed by atoms with Crippen molar-refractivity contribution >= 4 is 51.9 Å². The van der Waals surface area contributed by atoms with Gasteiger partial charge in [-0.3, -0.25) is 14.5 Å². The zero-order valence-corrected chi connectivity index (χ0v) is 17.5. The average molecular weight is 426 g/mol. The Bertz CT molecular complexity index is 807. The first-order valence-corrected chi connectivity index (χ1v) is 11.4. The van der Waals surface area contributed by atoms with Crippen molar-refractivity contribution in [1.82, 2.24) is 10.2 Å². The summed E-state index contributed by atoms with van der Waals surface area (Å²) in [5, 5.41) is 5.74. The largest absolute Gasteiger partial charge is 0.462 e. The number of nitrogens with one attached hydrogen (secondary N) is 2. The van der Waals surface area contributed by atoms with E-state index in [1.165, 1.54) is 11.3 Å². The highest BCUT2D eigenvalue weighted by Crippen LogP contribution is 2.39. The van der Waals surface area contributed by atoms with E-state index < -0.39 is 29.9 Å². The molecule has 152 valence electrons. The van der Waals surface area contributed by atoms with Gasteiger partial charge in [-0.2, -0.15) is 11.8 Å². The number of carbonyl (C=O) groups excluding carboxylic acids is 4. The van der Waals surface area contributed by atoms with E-state index in [0.717, 1.165) is 40.4 Å². The monoisotopic (exact) mass is 425 g/mol. The molecule has 8 nitrogen and oxygen atoms in total. The smallest absolute Gasteiger partial charge is 0.341 e. The standard InChI is InChI=1S/C18H23N3O5S2/c1-3-26-17(24)14-10-5-4-6-12(10)28-15(14)20-13(22)9-21-16(23)11(7-8-27-2)19-18(21)25/h11H,3-9H2,1-2H3,(H,19,25)(H,20,22). The number of rotatable bonds is 8. The Morgan fingerprint density at radius 2 is 2.14 bits per heavy atom. The number of esters is 1. The molecular weight excluding hydrogens is 402 g/mol. The predicted molar refractivity (Wildman–Crippen MR) is 108 cm³/mol. The van der Waals surface area contributed by atoms with Gasteiger partial charge in [0, 0.05) is 4.88 Å². The van der Waals surface area contributed by atoms with Crippen LogP contribution in [-0.2, 0) is 27.2 Å². The molecule has 1 aromatic heterocycles. The van der Waals surface area contributed by atoms with Crippen LogP contribution in [0.25, 0.3) is 0 Å². The van der Waals surface area contributed by atoms with Crippen LogP contribution in [0.1, 0.15) is 40.6 Å². The number of thiophene rings is 1. The Morgan fingerprint density at radius 1 is 1.36 bits per heavy atom. The van der Waals surface area contributed by atoms with Crippen molar-refractivity contribution in [2.24, 2.45) is 0 Å². The average Bonchev–Trinajstić information content (AvgIpc) is 3.29. The Balaban J connectivity index is 1.69. The summed E-state index contributed by atoms with van der Waals surface area (Å²) in [6, 6.07) is -1.15. The third-order valence-corrected chi connectivity index (χ3v) is 6.52. The van der Waals surface area contributed by atoms with Gasteiger partial charge in [-0.25, -0.2) is 9.59 Å². The number of amides is 4. The highest BCUT2D eigenvalue weighted by molar-refractivity contribution is 7.98. The van der Waals surface area contributed by atoms with Crippen molar-refractivity contribution in [3.8, 4) is 0 Å². The molecule has 2 N–H and O–H groups in total. The molecule has 1 aliphatic carbocycles. The first-order chi connectivity index (χ1) is 13.5. The number of carbonyl (C=O) groups is 4. The van der Waals surface area contributed by atoms with Gasteiger partial charge in [0.2, 0.25) is 5.91 Å². The molecular formula is C18H23N3O5S2. The van der Waals surface area contributed by atoms with Gasteiger partial charge in [-0.15, -0.1) is 11.3 Å². The number of thioether (sulfide) groups is 1. The van der Waals surface area contributed by atoms with Crippen LogP contribution in [0.3, 0.4) is 0 Å². The van der Waals surface area contributed by atoms with Gasteiger partial charge in [0.15, 0.2) is 0 Å². The summed E-state index contributed by atoms with van der Waals surface area (Å²) in [7, 11) is 0. The number of fused-ring (bicyclic) bond motifs is 1. The summed E-state index contributed by atoms with van der Waals surface area (Å²) in [5.74, 6) is -0.627. The number of ether oxygens (including phenoxy) is 1. The molecule has 2 heterocycles. The van der Waals surface area contributed by atoms with Crippen molar-refractivity contribution in [2.75, 3.05) is 30.5 Å². The van der Waals surface area contributed by atoms with E-state index in [1.54, 1.807) is 18.7 Å². The van der Waals surface area contributed by atoms with Gasteiger partial charge in [-0.1, -0.05) is 0 Å². The zero-order chi connectivity index (χ0) is 20.3.